The number of fused-ring (bicyclic) bond motifs is 1. The fourth-order valence-electron chi connectivity index (χ4n) is 2.08. The van der Waals surface area contributed by atoms with Crippen LogP contribution >= 0.6 is 24.0 Å². The Hall–Kier alpha value is -1.65. The van der Waals surface area contributed by atoms with Crippen molar-refractivity contribution >= 4 is 46.8 Å². The first-order valence-electron chi connectivity index (χ1n) is 8.00. The number of nitrogens with zero attached hydrogens (tertiary/aromatic N) is 5. The third-order valence-corrected chi connectivity index (χ3v) is 3.20. The van der Waals surface area contributed by atoms with E-state index in [1.165, 1.54) is 0 Å². The van der Waals surface area contributed by atoms with Gasteiger partial charge in [0, 0.05) is 33.2 Å². The van der Waals surface area contributed by atoms with Crippen molar-refractivity contribution in [3.05, 3.63) is 12.5 Å². The minimum Gasteiger partial charge on any atom is -0.368 e. The van der Waals surface area contributed by atoms with Crippen molar-refractivity contribution in [2.75, 3.05) is 31.5 Å². The highest BCUT2D eigenvalue weighted by Gasteiger charge is 2.07. The zero-order chi connectivity index (χ0) is 16.7. The van der Waals surface area contributed by atoms with Gasteiger partial charge in [-0.2, -0.15) is 5.10 Å². The Balaban J connectivity index is 0.00000288. The van der Waals surface area contributed by atoms with Crippen LogP contribution in [0.25, 0.3) is 11.0 Å². The van der Waals surface area contributed by atoms with Gasteiger partial charge in [0.25, 0.3) is 0 Å². The van der Waals surface area contributed by atoms with Crippen LogP contribution in [0.1, 0.15) is 20.8 Å². The lowest BCUT2D eigenvalue weighted by Crippen LogP contribution is -2.39. The Morgan fingerprint density at radius 1 is 1.25 bits per heavy atom. The maximum atomic E-state index is 4.54. The average molecular weight is 446 g/mol. The lowest BCUT2D eigenvalue weighted by Gasteiger charge is -2.12. The van der Waals surface area contributed by atoms with E-state index >= 15 is 0 Å². The molecular formula is C15H27IN8. The number of rotatable bonds is 7. The third-order valence-electron chi connectivity index (χ3n) is 3.20. The molecule has 0 bridgehead atoms. The smallest absolute Gasteiger partial charge is 0.191 e. The van der Waals surface area contributed by atoms with E-state index in [1.54, 1.807) is 17.2 Å². The molecule has 2 aromatic rings. The molecule has 0 fully saturated rings. The van der Waals surface area contributed by atoms with Gasteiger partial charge in [0.15, 0.2) is 11.6 Å². The average Bonchev–Trinajstić information content (AvgIpc) is 2.91. The van der Waals surface area contributed by atoms with E-state index in [2.05, 4.69) is 56.8 Å². The summed E-state index contributed by atoms with van der Waals surface area (Å²) in [6.45, 7) is 9.50. The van der Waals surface area contributed by atoms with Crippen molar-refractivity contribution in [3.63, 3.8) is 0 Å². The van der Waals surface area contributed by atoms with Crippen molar-refractivity contribution < 1.29 is 0 Å². The van der Waals surface area contributed by atoms with Crippen LogP contribution in [0.4, 0.5) is 5.82 Å². The summed E-state index contributed by atoms with van der Waals surface area (Å²) in [6, 6.07) is 0. The Kier molecular flexibility index (Phi) is 8.72. The molecule has 0 aliphatic rings. The van der Waals surface area contributed by atoms with Crippen LogP contribution in [-0.4, -0.2) is 51.9 Å². The molecule has 0 amide bonds. The molecule has 0 aliphatic heterocycles. The van der Waals surface area contributed by atoms with E-state index in [0.29, 0.717) is 5.92 Å². The van der Waals surface area contributed by atoms with Gasteiger partial charge in [-0.25, -0.2) is 9.97 Å². The highest BCUT2D eigenvalue weighted by molar-refractivity contribution is 14.0. The van der Waals surface area contributed by atoms with Crippen LogP contribution in [0.15, 0.2) is 17.5 Å². The van der Waals surface area contributed by atoms with E-state index in [9.17, 15) is 0 Å². The van der Waals surface area contributed by atoms with Gasteiger partial charge < -0.3 is 16.0 Å². The molecule has 0 atom stereocenters. The van der Waals surface area contributed by atoms with Gasteiger partial charge in [-0.15, -0.1) is 24.0 Å². The number of hydrogen-bond donors (Lipinski definition) is 3. The molecular weight excluding hydrogens is 419 g/mol. The quantitative estimate of drug-likeness (QED) is 0.259. The molecule has 0 unspecified atom stereocenters. The second-order valence-corrected chi connectivity index (χ2v) is 5.69. The number of aliphatic imine (C=N–C) groups is 1. The highest BCUT2D eigenvalue weighted by Crippen LogP contribution is 2.16. The summed E-state index contributed by atoms with van der Waals surface area (Å²) < 4.78 is 1.74. The maximum absolute atomic E-state index is 4.54. The van der Waals surface area contributed by atoms with Crippen molar-refractivity contribution in [2.24, 2.45) is 18.0 Å². The molecule has 0 aliphatic carbocycles. The lowest BCUT2D eigenvalue weighted by molar-refractivity contribution is 0.657. The number of halogens is 1. The summed E-state index contributed by atoms with van der Waals surface area (Å²) in [5.74, 6) is 2.19. The van der Waals surface area contributed by atoms with Gasteiger partial charge in [-0.05, 0) is 12.8 Å². The molecule has 9 heteroatoms. The standard InChI is InChI=1S/C15H26N8.HI/c1-5-16-15(19-8-11(2)3)18-7-6-17-13-12-9-22-23(4)14(12)21-10-20-13;/h9-11H,5-8H2,1-4H3,(H2,16,18,19)(H,17,20,21);1H. The van der Waals surface area contributed by atoms with Crippen LogP contribution in [-0.2, 0) is 7.05 Å². The number of aryl methyl sites for hydroxylation is 1. The molecule has 0 saturated heterocycles. The third kappa shape index (κ3) is 5.77. The number of hydrogen-bond acceptors (Lipinski definition) is 5. The minimum atomic E-state index is 0. The molecule has 2 rings (SSSR count). The predicted molar refractivity (Wildman–Crippen MR) is 109 cm³/mol. The van der Waals surface area contributed by atoms with Gasteiger partial charge in [-0.3, -0.25) is 9.67 Å². The SMILES string of the molecule is CCNC(=NCC(C)C)NCCNc1ncnc2c1cnn2C.I. The molecule has 0 aromatic carbocycles. The fourth-order valence-corrected chi connectivity index (χ4v) is 2.08. The van der Waals surface area contributed by atoms with Gasteiger partial charge in [-0.1, -0.05) is 13.8 Å². The second-order valence-electron chi connectivity index (χ2n) is 5.69. The fraction of sp³-hybridized carbons (Fsp3) is 0.600. The van der Waals surface area contributed by atoms with E-state index < -0.39 is 0 Å². The Bertz CT molecular complexity index is 652. The summed E-state index contributed by atoms with van der Waals surface area (Å²) >= 11 is 0. The van der Waals surface area contributed by atoms with E-state index in [1.807, 2.05) is 7.05 Å². The van der Waals surface area contributed by atoms with Gasteiger partial charge in [0.2, 0.25) is 0 Å². The van der Waals surface area contributed by atoms with E-state index in [0.717, 1.165) is 49.0 Å². The van der Waals surface area contributed by atoms with E-state index in [-0.39, 0.29) is 24.0 Å². The van der Waals surface area contributed by atoms with E-state index in [4.69, 9.17) is 0 Å². The molecule has 3 N–H and O–H groups in total. The molecule has 8 nitrogen and oxygen atoms in total. The zero-order valence-electron chi connectivity index (χ0n) is 14.7. The topological polar surface area (TPSA) is 92.1 Å². The first-order valence-corrected chi connectivity index (χ1v) is 8.00. The van der Waals surface area contributed by atoms with Crippen molar-refractivity contribution in [1.29, 1.82) is 0 Å². The minimum absolute atomic E-state index is 0. The van der Waals surface area contributed by atoms with Crippen molar-refractivity contribution in [1.82, 2.24) is 30.4 Å². The Morgan fingerprint density at radius 2 is 2.04 bits per heavy atom. The summed E-state index contributed by atoms with van der Waals surface area (Å²) in [5.41, 5.74) is 0.822. The van der Waals surface area contributed by atoms with Gasteiger partial charge in [0.05, 0.1) is 11.6 Å². The number of nitrogens with one attached hydrogen (secondary N) is 3. The maximum Gasteiger partial charge on any atom is 0.191 e. The van der Waals surface area contributed by atoms with Crippen molar-refractivity contribution in [3.8, 4) is 0 Å². The molecule has 0 spiro atoms. The Morgan fingerprint density at radius 3 is 2.75 bits per heavy atom. The lowest BCUT2D eigenvalue weighted by atomic mass is 10.2. The number of aromatic nitrogens is 4. The predicted octanol–water partition coefficient (Wildman–Crippen LogP) is 1.60. The summed E-state index contributed by atoms with van der Waals surface area (Å²) in [5, 5.41) is 15.0. The molecule has 0 radical (unpaired) electrons. The summed E-state index contributed by atoms with van der Waals surface area (Å²) in [4.78, 5) is 13.0. The normalized spacial score (nSPS) is 11.5. The molecule has 2 aromatic heterocycles. The molecule has 0 saturated carbocycles. The van der Waals surface area contributed by atoms with Crippen LogP contribution < -0.4 is 16.0 Å². The van der Waals surface area contributed by atoms with Crippen LogP contribution in [0, 0.1) is 5.92 Å². The molecule has 24 heavy (non-hydrogen) atoms. The first-order chi connectivity index (χ1) is 11.1. The van der Waals surface area contributed by atoms with Crippen molar-refractivity contribution in [2.45, 2.75) is 20.8 Å². The zero-order valence-corrected chi connectivity index (χ0v) is 17.0. The van der Waals surface area contributed by atoms with Crippen LogP contribution in [0.5, 0.6) is 0 Å². The Labute approximate surface area is 159 Å². The second kappa shape index (κ2) is 10.3. The summed E-state index contributed by atoms with van der Waals surface area (Å²) in [6.07, 6.45) is 3.33. The largest absolute Gasteiger partial charge is 0.368 e. The number of anilines is 1. The first kappa shape index (κ1) is 20.4. The monoisotopic (exact) mass is 446 g/mol. The van der Waals surface area contributed by atoms with Crippen LogP contribution in [0.3, 0.4) is 0 Å². The molecule has 2 heterocycles. The van der Waals surface area contributed by atoms with Gasteiger partial charge in [0.1, 0.15) is 12.1 Å². The van der Waals surface area contributed by atoms with Crippen LogP contribution in [0.2, 0.25) is 0 Å². The summed E-state index contributed by atoms with van der Waals surface area (Å²) in [7, 11) is 1.87. The van der Waals surface area contributed by atoms with Gasteiger partial charge >= 0.3 is 0 Å². The molecule has 134 valence electrons. The number of guanidine groups is 1. The highest BCUT2D eigenvalue weighted by atomic mass is 127.